The number of nitrogens with zero attached hydrogens (tertiary/aromatic N) is 2. The smallest absolute Gasteiger partial charge is 0.412 e. The van der Waals surface area contributed by atoms with Gasteiger partial charge in [-0.3, -0.25) is 4.68 Å². The van der Waals surface area contributed by atoms with Gasteiger partial charge in [0.15, 0.2) is 17.2 Å². The molecule has 132 valence electrons. The molecule has 1 aliphatic heterocycles. The molecule has 26 heavy (non-hydrogen) atoms. The number of benzene rings is 2. The van der Waals surface area contributed by atoms with Crippen molar-refractivity contribution in [2.75, 3.05) is 6.79 Å². The third kappa shape index (κ3) is 3.77. The summed E-state index contributed by atoms with van der Waals surface area (Å²) in [7, 11) is 0. The minimum atomic E-state index is -0.540. The van der Waals surface area contributed by atoms with E-state index in [0.29, 0.717) is 30.3 Å². The molecule has 0 saturated carbocycles. The highest BCUT2D eigenvalue weighted by molar-refractivity contribution is 5.70. The molecule has 3 aromatic rings. The van der Waals surface area contributed by atoms with E-state index in [-0.39, 0.29) is 6.79 Å². The molecule has 0 bridgehead atoms. The number of fused-ring (bicyclic) bond motifs is 1. The van der Waals surface area contributed by atoms with Crippen LogP contribution in [-0.4, -0.2) is 22.7 Å². The van der Waals surface area contributed by atoms with Gasteiger partial charge in [0.1, 0.15) is 0 Å². The Morgan fingerprint density at radius 3 is 2.85 bits per heavy atom. The second-order valence-corrected chi connectivity index (χ2v) is 5.79. The van der Waals surface area contributed by atoms with E-state index in [9.17, 15) is 4.79 Å². The molecule has 1 N–H and O–H groups in total. The molecule has 0 fully saturated rings. The Labute approximate surface area is 150 Å². The zero-order valence-corrected chi connectivity index (χ0v) is 13.9. The molecule has 2 aromatic carbocycles. The van der Waals surface area contributed by atoms with Gasteiger partial charge in [0, 0.05) is 6.54 Å². The summed E-state index contributed by atoms with van der Waals surface area (Å²) >= 11 is 0. The molecular formula is C19H17N3O4. The molecule has 7 nitrogen and oxygen atoms in total. The Kier molecular flexibility index (Phi) is 4.42. The first-order chi connectivity index (χ1) is 12.8. The van der Waals surface area contributed by atoms with Crippen LogP contribution in [0.25, 0.3) is 0 Å². The van der Waals surface area contributed by atoms with Gasteiger partial charge in [-0.25, -0.2) is 4.79 Å². The highest BCUT2D eigenvalue weighted by Crippen LogP contribution is 2.32. The van der Waals surface area contributed by atoms with Crippen molar-refractivity contribution in [2.45, 2.75) is 13.1 Å². The Hall–Kier alpha value is -3.48. The maximum Gasteiger partial charge on any atom is 0.412 e. The maximum absolute atomic E-state index is 12.0. The molecule has 1 amide bonds. The zero-order valence-electron chi connectivity index (χ0n) is 13.9. The monoisotopic (exact) mass is 351 g/mol. The fraction of sp³-hybridized carbons (Fsp3) is 0.158. The molecule has 7 heteroatoms. The summed E-state index contributed by atoms with van der Waals surface area (Å²) in [5.74, 6) is 1.78. The average Bonchev–Trinajstić information content (AvgIpc) is 3.29. The van der Waals surface area contributed by atoms with Crippen LogP contribution in [0.4, 0.5) is 4.79 Å². The number of hydrogen-bond donors (Lipinski definition) is 1. The summed E-state index contributed by atoms with van der Waals surface area (Å²) in [6.07, 6.45) is 2.66. The quantitative estimate of drug-likeness (QED) is 0.765. The van der Waals surface area contributed by atoms with Crippen molar-refractivity contribution in [3.63, 3.8) is 0 Å². The van der Waals surface area contributed by atoms with Gasteiger partial charge in [0.25, 0.3) is 0 Å². The van der Waals surface area contributed by atoms with Crippen LogP contribution in [0.2, 0.25) is 0 Å². The van der Waals surface area contributed by atoms with Crippen LogP contribution in [-0.2, 0) is 13.1 Å². The lowest BCUT2D eigenvalue weighted by atomic mass is 10.2. The second kappa shape index (κ2) is 7.18. The van der Waals surface area contributed by atoms with Crippen molar-refractivity contribution in [1.29, 1.82) is 0 Å². The summed E-state index contributed by atoms with van der Waals surface area (Å²) in [6.45, 7) is 1.16. The Morgan fingerprint density at radius 1 is 1.12 bits per heavy atom. The van der Waals surface area contributed by atoms with Crippen molar-refractivity contribution < 1.29 is 19.0 Å². The lowest BCUT2D eigenvalue weighted by molar-refractivity contribution is 0.174. The Bertz CT molecular complexity index is 908. The van der Waals surface area contributed by atoms with Gasteiger partial charge < -0.3 is 19.5 Å². The number of amides is 1. The molecule has 1 aromatic heterocycles. The van der Waals surface area contributed by atoms with Crippen LogP contribution in [0.3, 0.4) is 0 Å². The molecular weight excluding hydrogens is 334 g/mol. The summed E-state index contributed by atoms with van der Waals surface area (Å²) in [5.41, 5.74) is 2.01. The van der Waals surface area contributed by atoms with E-state index < -0.39 is 6.09 Å². The predicted molar refractivity (Wildman–Crippen MR) is 93.2 cm³/mol. The number of aromatic nitrogens is 2. The van der Waals surface area contributed by atoms with E-state index in [0.717, 1.165) is 11.1 Å². The third-order valence-corrected chi connectivity index (χ3v) is 3.88. The molecule has 4 rings (SSSR count). The fourth-order valence-electron chi connectivity index (χ4n) is 2.62. The maximum atomic E-state index is 12.0. The van der Waals surface area contributed by atoms with Crippen molar-refractivity contribution >= 4 is 6.09 Å². The highest BCUT2D eigenvalue weighted by atomic mass is 16.7. The minimum absolute atomic E-state index is 0.223. The summed E-state index contributed by atoms with van der Waals surface area (Å²) < 4.78 is 17.6. The van der Waals surface area contributed by atoms with Gasteiger partial charge in [-0.05, 0) is 23.3 Å². The van der Waals surface area contributed by atoms with E-state index in [1.165, 1.54) is 6.20 Å². The van der Waals surface area contributed by atoms with Crippen LogP contribution in [0.5, 0.6) is 17.2 Å². The average molecular weight is 351 g/mol. The minimum Gasteiger partial charge on any atom is -0.454 e. The van der Waals surface area contributed by atoms with Crippen LogP contribution >= 0.6 is 0 Å². The van der Waals surface area contributed by atoms with Gasteiger partial charge in [-0.2, -0.15) is 5.10 Å². The highest BCUT2D eigenvalue weighted by Gasteiger charge is 2.14. The SMILES string of the molecule is O=C(NCc1ccc2c(c1)OCO2)Oc1cnn(Cc2ccccc2)c1. The van der Waals surface area contributed by atoms with E-state index in [1.807, 2.05) is 48.5 Å². The fourth-order valence-corrected chi connectivity index (χ4v) is 2.62. The Morgan fingerprint density at radius 2 is 1.96 bits per heavy atom. The molecule has 0 radical (unpaired) electrons. The number of nitrogens with one attached hydrogen (secondary N) is 1. The van der Waals surface area contributed by atoms with Crippen LogP contribution in [0, 0.1) is 0 Å². The van der Waals surface area contributed by atoms with Crippen molar-refractivity contribution in [1.82, 2.24) is 15.1 Å². The van der Waals surface area contributed by atoms with Crippen LogP contribution < -0.4 is 19.5 Å². The van der Waals surface area contributed by atoms with Crippen molar-refractivity contribution in [3.8, 4) is 17.2 Å². The zero-order chi connectivity index (χ0) is 17.8. The molecule has 0 atom stereocenters. The number of hydrogen-bond acceptors (Lipinski definition) is 5. The van der Waals surface area contributed by atoms with E-state index in [2.05, 4.69) is 10.4 Å². The first-order valence-electron chi connectivity index (χ1n) is 8.17. The molecule has 2 heterocycles. The van der Waals surface area contributed by atoms with Gasteiger partial charge >= 0.3 is 6.09 Å². The number of carbonyl (C=O) groups excluding carboxylic acids is 1. The first-order valence-corrected chi connectivity index (χ1v) is 8.17. The van der Waals surface area contributed by atoms with E-state index >= 15 is 0 Å². The molecule has 1 aliphatic rings. The molecule has 0 spiro atoms. The van der Waals surface area contributed by atoms with Crippen molar-refractivity contribution in [2.24, 2.45) is 0 Å². The van der Waals surface area contributed by atoms with E-state index in [4.69, 9.17) is 14.2 Å². The van der Waals surface area contributed by atoms with E-state index in [1.54, 1.807) is 10.9 Å². The van der Waals surface area contributed by atoms with Gasteiger partial charge in [0.2, 0.25) is 6.79 Å². The van der Waals surface area contributed by atoms with Crippen molar-refractivity contribution in [3.05, 3.63) is 72.1 Å². The first kappa shape index (κ1) is 16.0. The lowest BCUT2D eigenvalue weighted by Crippen LogP contribution is -2.26. The summed E-state index contributed by atoms with van der Waals surface area (Å²) in [6, 6.07) is 15.5. The van der Waals surface area contributed by atoms with Crippen LogP contribution in [0.15, 0.2) is 60.9 Å². The molecule has 0 unspecified atom stereocenters. The number of carbonyl (C=O) groups is 1. The predicted octanol–water partition coefficient (Wildman–Crippen LogP) is 2.95. The Balaban J connectivity index is 1.29. The number of ether oxygens (including phenoxy) is 3. The number of rotatable bonds is 5. The standard InChI is InChI=1S/C19H17N3O4/c23-19(20-9-15-6-7-17-18(8-15)25-13-24-17)26-16-10-21-22(12-16)11-14-4-2-1-3-5-14/h1-8,10,12H,9,11,13H2,(H,20,23). The third-order valence-electron chi connectivity index (χ3n) is 3.88. The summed E-state index contributed by atoms with van der Waals surface area (Å²) in [5, 5.41) is 6.91. The van der Waals surface area contributed by atoms with Crippen LogP contribution in [0.1, 0.15) is 11.1 Å². The molecule has 0 aliphatic carbocycles. The molecule has 0 saturated heterocycles. The van der Waals surface area contributed by atoms with Gasteiger partial charge in [-0.15, -0.1) is 0 Å². The lowest BCUT2D eigenvalue weighted by Gasteiger charge is -2.06. The van der Waals surface area contributed by atoms with Gasteiger partial charge in [-0.1, -0.05) is 36.4 Å². The normalized spacial score (nSPS) is 12.0. The second-order valence-electron chi connectivity index (χ2n) is 5.79. The largest absolute Gasteiger partial charge is 0.454 e. The van der Waals surface area contributed by atoms with Gasteiger partial charge in [0.05, 0.1) is 18.9 Å². The topological polar surface area (TPSA) is 74.6 Å². The summed E-state index contributed by atoms with van der Waals surface area (Å²) in [4.78, 5) is 12.0.